The maximum absolute atomic E-state index is 11.6. The molecule has 0 spiro atoms. The van der Waals surface area contributed by atoms with Gasteiger partial charge >= 0.3 is 5.97 Å². The predicted molar refractivity (Wildman–Crippen MR) is 57.3 cm³/mol. The quantitative estimate of drug-likeness (QED) is 0.390. The first kappa shape index (κ1) is 12.0. The number of hydrogen-bond acceptors (Lipinski definition) is 3. The minimum absolute atomic E-state index is 0.0596. The summed E-state index contributed by atoms with van der Waals surface area (Å²) in [7, 11) is 0. The molecule has 15 heavy (non-hydrogen) atoms. The molecular weight excluding hydrogens is 192 g/mol. The minimum atomic E-state index is -0.0992. The Morgan fingerprint density at radius 1 is 1.67 bits per heavy atom. The molecule has 1 rings (SSSR count). The summed E-state index contributed by atoms with van der Waals surface area (Å²) in [6.45, 7) is 11.3. The van der Waals surface area contributed by atoms with Crippen LogP contribution in [-0.4, -0.2) is 43.2 Å². The van der Waals surface area contributed by atoms with Gasteiger partial charge in [-0.15, -0.1) is 0 Å². The zero-order valence-electron chi connectivity index (χ0n) is 9.24. The lowest BCUT2D eigenvalue weighted by Gasteiger charge is -2.21. The van der Waals surface area contributed by atoms with E-state index in [1.54, 1.807) is 0 Å². The van der Waals surface area contributed by atoms with Crippen molar-refractivity contribution in [2.75, 3.05) is 26.2 Å². The van der Waals surface area contributed by atoms with Gasteiger partial charge in [-0.05, 0) is 26.3 Å². The molecule has 1 saturated heterocycles. The van der Waals surface area contributed by atoms with Crippen LogP contribution in [0.3, 0.4) is 0 Å². The molecule has 0 aromatic rings. The van der Waals surface area contributed by atoms with E-state index in [9.17, 15) is 4.79 Å². The third-order valence-electron chi connectivity index (χ3n) is 2.64. The second-order valence-corrected chi connectivity index (χ2v) is 3.68. The molecule has 0 radical (unpaired) electrons. The lowest BCUT2D eigenvalue weighted by molar-refractivity contribution is -0.148. The third kappa shape index (κ3) is 3.52. The van der Waals surface area contributed by atoms with E-state index >= 15 is 0 Å². The SMILES string of the molecule is [C-]#[N+]CCCN1CCC[C@H]1C(=O)OCC. The van der Waals surface area contributed by atoms with Crippen LogP contribution in [0.4, 0.5) is 0 Å². The molecule has 0 bridgehead atoms. The van der Waals surface area contributed by atoms with E-state index in [4.69, 9.17) is 11.3 Å². The highest BCUT2D eigenvalue weighted by atomic mass is 16.5. The van der Waals surface area contributed by atoms with Crippen LogP contribution in [-0.2, 0) is 9.53 Å². The molecule has 0 saturated carbocycles. The maximum Gasteiger partial charge on any atom is 0.323 e. The number of rotatable bonds is 5. The zero-order chi connectivity index (χ0) is 11.1. The van der Waals surface area contributed by atoms with Gasteiger partial charge in [0.1, 0.15) is 6.04 Å². The fourth-order valence-corrected chi connectivity index (χ4v) is 1.95. The second-order valence-electron chi connectivity index (χ2n) is 3.68. The highest BCUT2D eigenvalue weighted by Gasteiger charge is 2.31. The van der Waals surface area contributed by atoms with Crippen LogP contribution in [0.2, 0.25) is 0 Å². The Hall–Kier alpha value is -1.08. The molecule has 1 fully saturated rings. The molecule has 84 valence electrons. The van der Waals surface area contributed by atoms with Gasteiger partial charge < -0.3 is 9.58 Å². The van der Waals surface area contributed by atoms with Crippen molar-refractivity contribution in [3.8, 4) is 0 Å². The molecular formula is C11H18N2O2. The van der Waals surface area contributed by atoms with Gasteiger partial charge in [-0.2, -0.15) is 0 Å². The molecule has 1 aliphatic rings. The van der Waals surface area contributed by atoms with E-state index in [1.165, 1.54) is 0 Å². The Kier molecular flexibility index (Phi) is 5.13. The van der Waals surface area contributed by atoms with Crippen LogP contribution < -0.4 is 0 Å². The molecule has 0 aromatic carbocycles. The summed E-state index contributed by atoms with van der Waals surface area (Å²) in [6.07, 6.45) is 2.80. The monoisotopic (exact) mass is 210 g/mol. The van der Waals surface area contributed by atoms with Crippen molar-refractivity contribution in [3.63, 3.8) is 0 Å². The van der Waals surface area contributed by atoms with E-state index in [0.717, 1.165) is 32.4 Å². The van der Waals surface area contributed by atoms with Gasteiger partial charge in [0.2, 0.25) is 6.54 Å². The molecule has 1 aliphatic heterocycles. The molecule has 0 unspecified atom stereocenters. The average molecular weight is 210 g/mol. The maximum atomic E-state index is 11.6. The summed E-state index contributed by atoms with van der Waals surface area (Å²) >= 11 is 0. The number of nitrogens with zero attached hydrogens (tertiary/aromatic N) is 2. The third-order valence-corrected chi connectivity index (χ3v) is 2.64. The first-order chi connectivity index (χ1) is 7.29. The van der Waals surface area contributed by atoms with Gasteiger partial charge in [-0.25, -0.2) is 6.57 Å². The Morgan fingerprint density at radius 2 is 2.47 bits per heavy atom. The molecule has 0 aromatic heterocycles. The summed E-state index contributed by atoms with van der Waals surface area (Å²) in [5.74, 6) is -0.0992. The Labute approximate surface area is 91.0 Å². The molecule has 0 amide bonds. The summed E-state index contributed by atoms with van der Waals surface area (Å²) in [6, 6.07) is -0.0596. The van der Waals surface area contributed by atoms with Crippen LogP contribution in [0.5, 0.6) is 0 Å². The summed E-state index contributed by atoms with van der Waals surface area (Å²) < 4.78 is 5.02. The first-order valence-corrected chi connectivity index (χ1v) is 5.53. The van der Waals surface area contributed by atoms with Crippen molar-refractivity contribution in [2.45, 2.75) is 32.2 Å². The van der Waals surface area contributed by atoms with E-state index in [2.05, 4.69) is 9.74 Å². The lowest BCUT2D eigenvalue weighted by atomic mass is 10.2. The van der Waals surface area contributed by atoms with Crippen molar-refractivity contribution in [3.05, 3.63) is 11.4 Å². The minimum Gasteiger partial charge on any atom is -0.465 e. The molecule has 0 N–H and O–H groups in total. The van der Waals surface area contributed by atoms with E-state index in [-0.39, 0.29) is 12.0 Å². The van der Waals surface area contributed by atoms with Crippen molar-refractivity contribution in [1.29, 1.82) is 0 Å². The number of ether oxygens (including phenoxy) is 1. The van der Waals surface area contributed by atoms with Gasteiger partial charge in [0.15, 0.2) is 0 Å². The van der Waals surface area contributed by atoms with Crippen molar-refractivity contribution in [1.82, 2.24) is 4.90 Å². The first-order valence-electron chi connectivity index (χ1n) is 5.53. The highest BCUT2D eigenvalue weighted by molar-refractivity contribution is 5.76. The van der Waals surface area contributed by atoms with Gasteiger partial charge in [-0.3, -0.25) is 9.69 Å². The molecule has 1 atom stereocenters. The van der Waals surface area contributed by atoms with Crippen LogP contribution in [0.25, 0.3) is 4.85 Å². The van der Waals surface area contributed by atoms with Gasteiger partial charge in [0.25, 0.3) is 0 Å². The Balaban J connectivity index is 2.36. The topological polar surface area (TPSA) is 33.9 Å². The normalized spacial score (nSPS) is 21.2. The Morgan fingerprint density at radius 3 is 3.13 bits per heavy atom. The summed E-state index contributed by atoms with van der Waals surface area (Å²) in [5, 5.41) is 0. The summed E-state index contributed by atoms with van der Waals surface area (Å²) in [4.78, 5) is 17.0. The van der Waals surface area contributed by atoms with Crippen molar-refractivity contribution < 1.29 is 9.53 Å². The predicted octanol–water partition coefficient (Wildman–Crippen LogP) is 1.32. The largest absolute Gasteiger partial charge is 0.465 e. The fraction of sp³-hybridized carbons (Fsp3) is 0.818. The van der Waals surface area contributed by atoms with Crippen molar-refractivity contribution >= 4 is 5.97 Å². The van der Waals surface area contributed by atoms with E-state index in [0.29, 0.717) is 13.2 Å². The number of esters is 1. The molecule has 4 nitrogen and oxygen atoms in total. The molecule has 0 aliphatic carbocycles. The highest BCUT2D eigenvalue weighted by Crippen LogP contribution is 2.18. The average Bonchev–Trinajstić information content (AvgIpc) is 2.67. The van der Waals surface area contributed by atoms with Gasteiger partial charge in [-0.1, -0.05) is 0 Å². The molecule has 4 heteroatoms. The summed E-state index contributed by atoms with van der Waals surface area (Å²) in [5.41, 5.74) is 0. The van der Waals surface area contributed by atoms with Crippen LogP contribution >= 0.6 is 0 Å². The van der Waals surface area contributed by atoms with E-state index < -0.39 is 0 Å². The van der Waals surface area contributed by atoms with Gasteiger partial charge in [0, 0.05) is 13.0 Å². The molecule has 1 heterocycles. The number of carbonyl (C=O) groups excluding carboxylic acids is 1. The van der Waals surface area contributed by atoms with Gasteiger partial charge in [0.05, 0.1) is 6.61 Å². The van der Waals surface area contributed by atoms with Crippen LogP contribution in [0.15, 0.2) is 0 Å². The fourth-order valence-electron chi connectivity index (χ4n) is 1.95. The van der Waals surface area contributed by atoms with E-state index in [1.807, 2.05) is 6.92 Å². The number of hydrogen-bond donors (Lipinski definition) is 0. The van der Waals surface area contributed by atoms with Crippen LogP contribution in [0.1, 0.15) is 26.2 Å². The zero-order valence-corrected chi connectivity index (χ0v) is 9.24. The van der Waals surface area contributed by atoms with Crippen LogP contribution in [0, 0.1) is 6.57 Å². The number of likely N-dealkylation sites (tertiary alicyclic amines) is 1. The standard InChI is InChI=1S/C11H18N2O2/c1-3-15-11(14)10-6-4-8-13(10)9-5-7-12-2/h10H,3-9H2,1H3/t10-/m0/s1. The van der Waals surface area contributed by atoms with Crippen molar-refractivity contribution in [2.24, 2.45) is 0 Å². The lowest BCUT2D eigenvalue weighted by Crippen LogP contribution is -2.38. The number of carbonyl (C=O) groups is 1. The second kappa shape index (κ2) is 6.41. The Bertz CT molecular complexity index is 247. The smallest absolute Gasteiger partial charge is 0.323 e.